The predicted octanol–water partition coefficient (Wildman–Crippen LogP) is 3.55. The van der Waals surface area contributed by atoms with Crippen molar-refractivity contribution in [1.82, 2.24) is 5.32 Å². The summed E-state index contributed by atoms with van der Waals surface area (Å²) < 4.78 is 5.50. The van der Waals surface area contributed by atoms with Crippen LogP contribution in [0.3, 0.4) is 0 Å². The molecule has 0 bridgehead atoms. The van der Waals surface area contributed by atoms with Crippen molar-refractivity contribution in [3.63, 3.8) is 0 Å². The van der Waals surface area contributed by atoms with Crippen LogP contribution < -0.4 is 15.5 Å². The average molecular weight is 394 g/mol. The summed E-state index contributed by atoms with van der Waals surface area (Å²) >= 11 is 11.7. The lowest BCUT2D eigenvalue weighted by Crippen LogP contribution is -2.51. The van der Waals surface area contributed by atoms with Crippen molar-refractivity contribution in [2.75, 3.05) is 29.9 Å². The Kier molecular flexibility index (Phi) is 5.98. The normalized spacial score (nSPS) is 17.1. The molecule has 1 atom stereocenters. The topological polar surface area (TPSA) is 70.7 Å². The van der Waals surface area contributed by atoms with E-state index in [1.807, 2.05) is 0 Å². The highest BCUT2D eigenvalue weighted by atomic mass is 35.5. The van der Waals surface area contributed by atoms with Crippen molar-refractivity contribution in [3.05, 3.63) is 58.6 Å². The predicted molar refractivity (Wildman–Crippen MR) is 102 cm³/mol. The van der Waals surface area contributed by atoms with Crippen LogP contribution in [0.5, 0.6) is 0 Å². The van der Waals surface area contributed by atoms with Crippen LogP contribution in [-0.4, -0.2) is 37.7 Å². The van der Waals surface area contributed by atoms with Gasteiger partial charge in [0.1, 0.15) is 6.61 Å². The Labute approximate surface area is 161 Å². The number of nitrogens with zero attached hydrogens (tertiary/aromatic N) is 1. The van der Waals surface area contributed by atoms with E-state index in [9.17, 15) is 9.59 Å². The van der Waals surface area contributed by atoms with Crippen LogP contribution in [-0.2, 0) is 9.53 Å². The van der Waals surface area contributed by atoms with Crippen molar-refractivity contribution < 1.29 is 14.3 Å². The maximum Gasteiger partial charge on any atom is 0.319 e. The molecule has 26 heavy (non-hydrogen) atoms. The van der Waals surface area contributed by atoms with Gasteiger partial charge in [0.2, 0.25) is 0 Å². The van der Waals surface area contributed by atoms with Gasteiger partial charge >= 0.3 is 6.03 Å². The average Bonchev–Trinajstić information content (AvgIpc) is 2.64. The van der Waals surface area contributed by atoms with Crippen LogP contribution in [0, 0.1) is 0 Å². The van der Waals surface area contributed by atoms with E-state index in [-0.39, 0.29) is 31.2 Å². The van der Waals surface area contributed by atoms with Crippen LogP contribution in [0.4, 0.5) is 16.2 Å². The maximum absolute atomic E-state index is 12.1. The van der Waals surface area contributed by atoms with Crippen LogP contribution in [0.2, 0.25) is 10.0 Å². The minimum absolute atomic E-state index is 0.0340. The van der Waals surface area contributed by atoms with E-state index in [4.69, 9.17) is 27.9 Å². The molecule has 1 heterocycles. The lowest BCUT2D eigenvalue weighted by molar-refractivity contribution is -0.129. The molecule has 0 aromatic heterocycles. The highest BCUT2D eigenvalue weighted by molar-refractivity contribution is 6.31. The molecule has 0 aliphatic carbocycles. The summed E-state index contributed by atoms with van der Waals surface area (Å²) in [7, 11) is 0. The molecular weight excluding hydrogens is 377 g/mol. The zero-order valence-corrected chi connectivity index (χ0v) is 15.3. The second kappa shape index (κ2) is 8.40. The zero-order valence-electron chi connectivity index (χ0n) is 13.7. The molecule has 1 fully saturated rings. The molecule has 136 valence electrons. The van der Waals surface area contributed by atoms with E-state index < -0.39 is 0 Å². The van der Waals surface area contributed by atoms with E-state index in [1.54, 1.807) is 53.4 Å². The van der Waals surface area contributed by atoms with Gasteiger partial charge < -0.3 is 20.3 Å². The van der Waals surface area contributed by atoms with Gasteiger partial charge in [-0.3, -0.25) is 4.79 Å². The Morgan fingerprint density at radius 1 is 1.08 bits per heavy atom. The van der Waals surface area contributed by atoms with Gasteiger partial charge in [-0.1, -0.05) is 23.2 Å². The SMILES string of the molecule is O=C(NCC1CN(c2ccc(Cl)cc2)C(=O)CO1)Nc1ccc(Cl)cc1. The Balaban J connectivity index is 1.53. The highest BCUT2D eigenvalue weighted by Crippen LogP contribution is 2.21. The number of benzene rings is 2. The van der Waals surface area contributed by atoms with Crippen LogP contribution in [0.25, 0.3) is 0 Å². The number of carbonyl (C=O) groups excluding carboxylic acids is 2. The first-order valence-electron chi connectivity index (χ1n) is 7.99. The molecule has 2 N–H and O–H groups in total. The molecule has 0 spiro atoms. The van der Waals surface area contributed by atoms with Crippen LogP contribution >= 0.6 is 23.2 Å². The number of nitrogens with one attached hydrogen (secondary N) is 2. The first kappa shape index (κ1) is 18.5. The third-order valence-corrected chi connectivity index (χ3v) is 4.36. The molecule has 0 radical (unpaired) electrons. The molecule has 1 unspecified atom stereocenters. The molecule has 1 saturated heterocycles. The monoisotopic (exact) mass is 393 g/mol. The summed E-state index contributed by atoms with van der Waals surface area (Å²) in [4.78, 5) is 25.7. The second-order valence-corrected chi connectivity index (χ2v) is 6.63. The smallest absolute Gasteiger partial charge is 0.319 e. The molecule has 6 nitrogen and oxygen atoms in total. The quantitative estimate of drug-likeness (QED) is 0.834. The summed E-state index contributed by atoms with van der Waals surface area (Å²) in [5.41, 5.74) is 1.38. The number of carbonyl (C=O) groups is 2. The van der Waals surface area contributed by atoms with Crippen molar-refractivity contribution in [2.24, 2.45) is 0 Å². The van der Waals surface area contributed by atoms with Crippen molar-refractivity contribution in [3.8, 4) is 0 Å². The number of halogens is 2. The number of urea groups is 1. The van der Waals surface area contributed by atoms with Gasteiger partial charge in [0.05, 0.1) is 12.6 Å². The first-order chi connectivity index (χ1) is 12.5. The van der Waals surface area contributed by atoms with E-state index in [2.05, 4.69) is 10.6 Å². The molecule has 0 saturated carbocycles. The van der Waals surface area contributed by atoms with Gasteiger partial charge in [-0.2, -0.15) is 0 Å². The number of anilines is 2. The number of hydrogen-bond donors (Lipinski definition) is 2. The Bertz CT molecular complexity index is 781. The van der Waals surface area contributed by atoms with E-state index >= 15 is 0 Å². The molecule has 1 aliphatic heterocycles. The fourth-order valence-corrected chi connectivity index (χ4v) is 2.79. The van der Waals surface area contributed by atoms with E-state index in [0.717, 1.165) is 5.69 Å². The van der Waals surface area contributed by atoms with E-state index in [1.165, 1.54) is 0 Å². The molecule has 1 aliphatic rings. The maximum atomic E-state index is 12.1. The molecular formula is C18H17Cl2N3O3. The highest BCUT2D eigenvalue weighted by Gasteiger charge is 2.27. The lowest BCUT2D eigenvalue weighted by atomic mass is 10.2. The molecule has 3 amide bonds. The zero-order chi connectivity index (χ0) is 18.5. The molecule has 3 rings (SSSR count). The van der Waals surface area contributed by atoms with Gasteiger partial charge in [-0.15, -0.1) is 0 Å². The first-order valence-corrected chi connectivity index (χ1v) is 8.75. The summed E-state index contributed by atoms with van der Waals surface area (Å²) in [5.74, 6) is -0.130. The van der Waals surface area contributed by atoms with E-state index in [0.29, 0.717) is 22.3 Å². The summed E-state index contributed by atoms with van der Waals surface area (Å²) in [6.45, 7) is 0.590. The van der Waals surface area contributed by atoms with Gasteiger partial charge in [-0.25, -0.2) is 4.79 Å². The molecule has 2 aromatic rings. The Morgan fingerprint density at radius 3 is 2.35 bits per heavy atom. The van der Waals surface area contributed by atoms with Crippen LogP contribution in [0.1, 0.15) is 0 Å². The number of hydrogen-bond acceptors (Lipinski definition) is 3. The van der Waals surface area contributed by atoms with Gasteiger partial charge in [0.15, 0.2) is 0 Å². The fraction of sp³-hybridized carbons (Fsp3) is 0.222. The van der Waals surface area contributed by atoms with Crippen molar-refractivity contribution >= 4 is 46.5 Å². The summed E-state index contributed by atoms with van der Waals surface area (Å²) in [6.07, 6.45) is -0.306. The Hall–Kier alpha value is -2.28. The largest absolute Gasteiger partial charge is 0.365 e. The Morgan fingerprint density at radius 2 is 1.69 bits per heavy atom. The third-order valence-electron chi connectivity index (χ3n) is 3.86. The van der Waals surface area contributed by atoms with Gasteiger partial charge in [0.25, 0.3) is 5.91 Å². The van der Waals surface area contributed by atoms with Gasteiger partial charge in [0, 0.05) is 28.0 Å². The molecule has 2 aromatic carbocycles. The number of morpholine rings is 1. The van der Waals surface area contributed by atoms with Crippen molar-refractivity contribution in [2.45, 2.75) is 6.10 Å². The lowest BCUT2D eigenvalue weighted by Gasteiger charge is -2.32. The second-order valence-electron chi connectivity index (χ2n) is 5.76. The standard InChI is InChI=1S/C18H17Cl2N3O3/c19-12-1-5-14(6-2-12)22-18(25)21-9-16-10-23(17(24)11-26-16)15-7-3-13(20)4-8-15/h1-8,16H,9-11H2,(H2,21,22,25). The van der Waals surface area contributed by atoms with Crippen molar-refractivity contribution in [1.29, 1.82) is 0 Å². The fourth-order valence-electron chi connectivity index (χ4n) is 2.53. The minimum Gasteiger partial charge on any atom is -0.365 e. The number of ether oxygens (including phenoxy) is 1. The van der Waals surface area contributed by atoms with Crippen LogP contribution in [0.15, 0.2) is 48.5 Å². The summed E-state index contributed by atoms with van der Waals surface area (Å²) in [5, 5.41) is 6.65. The summed E-state index contributed by atoms with van der Waals surface area (Å²) in [6, 6.07) is 13.5. The molecule has 8 heteroatoms. The number of rotatable bonds is 4. The number of amides is 3. The third kappa shape index (κ3) is 4.88. The minimum atomic E-state index is -0.356. The van der Waals surface area contributed by atoms with Gasteiger partial charge in [-0.05, 0) is 48.5 Å².